The zero-order chi connectivity index (χ0) is 48.0. The number of alkyl carbamates (subject to hydrolysis) is 2. The lowest BCUT2D eigenvalue weighted by molar-refractivity contribution is -0.120. The van der Waals surface area contributed by atoms with Crippen molar-refractivity contribution in [3.05, 3.63) is 101 Å². The van der Waals surface area contributed by atoms with Crippen LogP contribution < -0.4 is 32.7 Å². The van der Waals surface area contributed by atoms with Crippen molar-refractivity contribution in [3.8, 4) is 0 Å². The molecule has 0 atom stereocenters. The molecule has 3 aromatic carbocycles. The Morgan fingerprint density at radius 3 is 1.10 bits per heavy atom. The lowest BCUT2D eigenvalue weighted by Gasteiger charge is -2.19. The quantitative estimate of drug-likeness (QED) is 0.0864. The van der Waals surface area contributed by atoms with Gasteiger partial charge in [0.05, 0.1) is 27.8 Å². The average molecular weight is 1050 g/mol. The molecular weight excluding hydrogens is 997 g/mol. The SMILES string of the molecule is CC(C)(C)OC(=O)NC(=N)NC(=O)Cc1c(Cl)cccc1Cl.CC(C)(C)OC(=O)NC(=N)NC(=O)Cc1c(Cl)cccc1Cl.Cl.Cl.NC(N)=NC(=O)Cc1c(Cl)cccc1Cl.[2H]CF. The standard InChI is InChI=1S/2C14H17Cl2N3O3.C9H9Cl2N3O.CH3F.2ClH/c2*1-14(2,3)22-13(21)19-12(17)18-11(20)7-8-9(15)5-4-6-10(8)16;10-6-2-1-3-7(11)5(6)4-8(15)14-9(12)13;1-2;;/h2*4-6H,7H2,1-3H3,(H3,17,18,19,20,21);1-3H,4H2,(H4,12,13,14,15);1H3;2*1H/i;;;1D;;. The summed E-state index contributed by atoms with van der Waals surface area (Å²) in [6, 6.07) is 14.8. The number of benzene rings is 3. The van der Waals surface area contributed by atoms with Gasteiger partial charge in [-0.05, 0) is 94.6 Å². The van der Waals surface area contributed by atoms with Crippen molar-refractivity contribution in [1.29, 1.82) is 10.8 Å². The molecule has 5 amide bonds. The number of guanidine groups is 3. The molecule has 0 spiro atoms. The summed E-state index contributed by atoms with van der Waals surface area (Å²) in [6.45, 7) is 10.1. The van der Waals surface area contributed by atoms with Crippen LogP contribution in [-0.4, -0.2) is 66.1 Å². The topological polar surface area (TPSA) is 264 Å². The molecule has 0 saturated heterocycles. The zero-order valence-corrected chi connectivity index (χ0v) is 40.6. The Morgan fingerprint density at radius 2 is 0.857 bits per heavy atom. The normalized spacial score (nSPS) is 10.1. The first-order chi connectivity index (χ1) is 28.6. The average Bonchev–Trinajstić information content (AvgIpc) is 3.08. The van der Waals surface area contributed by atoms with Crippen LogP contribution in [0.4, 0.5) is 14.0 Å². The molecule has 16 nitrogen and oxygen atoms in total. The number of nitrogens with zero attached hydrogens (tertiary/aromatic N) is 1. The highest BCUT2D eigenvalue weighted by molar-refractivity contribution is 6.37. The monoisotopic (exact) mass is 1040 g/mol. The van der Waals surface area contributed by atoms with Gasteiger partial charge in [0.1, 0.15) is 11.2 Å². The highest BCUT2D eigenvalue weighted by Crippen LogP contribution is 2.26. The third kappa shape index (κ3) is 28.2. The van der Waals surface area contributed by atoms with Crippen molar-refractivity contribution < 1.29 is 39.2 Å². The lowest BCUT2D eigenvalue weighted by atomic mass is 10.1. The molecule has 0 heterocycles. The van der Waals surface area contributed by atoms with Crippen LogP contribution in [0.1, 0.15) is 59.6 Å². The summed E-state index contributed by atoms with van der Waals surface area (Å²) in [4.78, 5) is 61.2. The minimum Gasteiger partial charge on any atom is -0.444 e. The number of ether oxygens (including phenoxy) is 2. The third-order valence-corrected chi connectivity index (χ3v) is 8.35. The smallest absolute Gasteiger partial charge is 0.414 e. The van der Waals surface area contributed by atoms with Gasteiger partial charge in [0.25, 0.3) is 5.91 Å². The predicted octanol–water partition coefficient (Wildman–Crippen LogP) is 8.99. The number of aliphatic imine (C=N–C) groups is 1. The van der Waals surface area contributed by atoms with Gasteiger partial charge in [-0.15, -0.1) is 24.8 Å². The van der Waals surface area contributed by atoms with E-state index >= 15 is 0 Å². The lowest BCUT2D eigenvalue weighted by Crippen LogP contribution is -2.45. The van der Waals surface area contributed by atoms with E-state index in [-0.39, 0.29) is 50.0 Å². The molecule has 25 heteroatoms. The molecule has 0 aliphatic rings. The Balaban J connectivity index is -0.000000846. The van der Waals surface area contributed by atoms with E-state index in [9.17, 15) is 28.4 Å². The fraction of sp³-hybridized carbons (Fsp3) is 0.316. The number of halogens is 9. The van der Waals surface area contributed by atoms with E-state index < -0.39 is 60.2 Å². The van der Waals surface area contributed by atoms with Gasteiger partial charge in [0, 0.05) is 30.1 Å². The van der Waals surface area contributed by atoms with Gasteiger partial charge >= 0.3 is 12.2 Å². The highest BCUT2D eigenvalue weighted by Gasteiger charge is 2.20. The number of carbonyl (C=O) groups excluding carboxylic acids is 5. The molecule has 350 valence electrons. The Morgan fingerprint density at radius 1 is 0.603 bits per heavy atom. The largest absolute Gasteiger partial charge is 0.444 e. The second-order valence-electron chi connectivity index (χ2n) is 13.7. The first-order valence-corrected chi connectivity index (χ1v) is 19.4. The fourth-order valence-electron chi connectivity index (χ4n) is 4.00. The molecule has 0 saturated carbocycles. The highest BCUT2D eigenvalue weighted by atomic mass is 35.5. The van der Waals surface area contributed by atoms with Crippen LogP contribution in [0.3, 0.4) is 0 Å². The Bertz CT molecular complexity index is 1940. The number of hydrogen-bond acceptors (Lipinski definition) is 9. The van der Waals surface area contributed by atoms with Gasteiger partial charge in [-0.1, -0.05) is 87.8 Å². The maximum Gasteiger partial charge on any atom is 0.414 e. The first kappa shape index (κ1) is 60.8. The van der Waals surface area contributed by atoms with E-state index in [0.29, 0.717) is 46.8 Å². The number of nitrogens with one attached hydrogen (secondary N) is 6. The van der Waals surface area contributed by atoms with Gasteiger partial charge in [-0.2, -0.15) is 4.99 Å². The molecule has 0 fully saturated rings. The first-order valence-electron chi connectivity index (χ1n) is 17.8. The molecule has 10 N–H and O–H groups in total. The van der Waals surface area contributed by atoms with E-state index in [1.165, 1.54) is 0 Å². The van der Waals surface area contributed by atoms with Crippen LogP contribution >= 0.6 is 94.4 Å². The van der Waals surface area contributed by atoms with E-state index in [1.807, 2.05) is 0 Å². The van der Waals surface area contributed by atoms with Crippen LogP contribution in [0.15, 0.2) is 59.6 Å². The van der Waals surface area contributed by atoms with Crippen molar-refractivity contribution in [3.63, 3.8) is 0 Å². The maximum absolute atomic E-state index is 11.8. The van der Waals surface area contributed by atoms with Crippen LogP contribution in [-0.2, 0) is 43.1 Å². The second-order valence-corrected chi connectivity index (χ2v) is 16.1. The number of alkyl halides is 1. The van der Waals surface area contributed by atoms with Gasteiger partial charge < -0.3 is 20.9 Å². The van der Waals surface area contributed by atoms with Gasteiger partial charge in [-0.3, -0.25) is 50.9 Å². The molecule has 0 unspecified atom stereocenters. The van der Waals surface area contributed by atoms with E-state index in [2.05, 4.69) is 26.3 Å². The summed E-state index contributed by atoms with van der Waals surface area (Å²) >= 11 is 35.6. The van der Waals surface area contributed by atoms with E-state index in [4.69, 9.17) is 103 Å². The summed E-state index contributed by atoms with van der Waals surface area (Å²) in [5.41, 5.74) is 10.2. The second kappa shape index (κ2) is 30.7. The van der Waals surface area contributed by atoms with Gasteiger partial charge in [0.15, 0.2) is 5.96 Å². The van der Waals surface area contributed by atoms with Crippen molar-refractivity contribution in [2.75, 3.05) is 7.15 Å². The Kier molecular flexibility index (Phi) is 29.6. The van der Waals surface area contributed by atoms with E-state index in [1.54, 1.807) is 96.1 Å². The molecule has 3 rings (SSSR count). The molecule has 63 heavy (non-hydrogen) atoms. The zero-order valence-electron chi connectivity index (χ0n) is 35.4. The van der Waals surface area contributed by atoms with Crippen molar-refractivity contribution >= 4 is 142 Å². The van der Waals surface area contributed by atoms with Crippen LogP contribution in [0.2, 0.25) is 30.1 Å². The fourth-order valence-corrected chi connectivity index (χ4v) is 5.59. The Labute approximate surface area is 408 Å². The maximum atomic E-state index is 11.8. The van der Waals surface area contributed by atoms with Crippen molar-refractivity contribution in [2.24, 2.45) is 16.5 Å². The number of rotatable bonds is 6. The minimum absolute atomic E-state index is 0. The minimum atomic E-state index is -1.00. The number of hydrogen-bond donors (Lipinski definition) is 8. The van der Waals surface area contributed by atoms with Crippen molar-refractivity contribution in [1.82, 2.24) is 21.3 Å². The van der Waals surface area contributed by atoms with E-state index in [0.717, 1.165) is 0 Å². The third-order valence-electron chi connectivity index (χ3n) is 6.22. The van der Waals surface area contributed by atoms with Crippen LogP contribution in [0, 0.1) is 10.8 Å². The summed E-state index contributed by atoms with van der Waals surface area (Å²) in [5.74, 6) is -2.79. The molecule has 3 aromatic rings. The summed E-state index contributed by atoms with van der Waals surface area (Å²) < 4.78 is 25.4. The van der Waals surface area contributed by atoms with Crippen LogP contribution in [0.5, 0.6) is 0 Å². The molecule has 0 aromatic heterocycles. The number of nitrogens with two attached hydrogens (primary N) is 2. The van der Waals surface area contributed by atoms with Gasteiger partial charge in [0.2, 0.25) is 23.7 Å². The molecule has 0 aliphatic heterocycles. The number of amides is 5. The molecule has 0 bridgehead atoms. The molecule has 0 aliphatic carbocycles. The van der Waals surface area contributed by atoms with Crippen LogP contribution in [0.25, 0.3) is 0 Å². The Hall–Kier alpha value is -4.33. The summed E-state index contributed by atoms with van der Waals surface area (Å²) in [7, 11) is -1.00. The van der Waals surface area contributed by atoms with Gasteiger partial charge in [-0.25, -0.2) is 9.59 Å². The van der Waals surface area contributed by atoms with Crippen molar-refractivity contribution in [2.45, 2.75) is 72.0 Å². The number of carbonyl (C=O) groups is 5. The summed E-state index contributed by atoms with van der Waals surface area (Å²) in [5, 5.41) is 25.9. The molecular formula is C38H48Cl8FN9O7. The predicted molar refractivity (Wildman–Crippen MR) is 253 cm³/mol. The summed E-state index contributed by atoms with van der Waals surface area (Å²) in [6.07, 6.45) is -1.90. The molecule has 0 radical (unpaired) electrons.